The van der Waals surface area contributed by atoms with E-state index in [4.69, 9.17) is 14.9 Å². The molecule has 0 aliphatic heterocycles. The fourth-order valence-electron chi connectivity index (χ4n) is 2.61. The minimum Gasteiger partial charge on any atom is -0.465 e. The lowest BCUT2D eigenvalue weighted by Crippen LogP contribution is -2.16. The molecule has 0 saturated carbocycles. The van der Waals surface area contributed by atoms with Gasteiger partial charge in [-0.15, -0.1) is 0 Å². The van der Waals surface area contributed by atoms with Gasteiger partial charge in [-0.05, 0) is 62.2 Å². The number of aromatic nitrogens is 1. The topological polar surface area (TPSA) is 90.4 Å². The number of primary amides is 1. The Bertz CT molecular complexity index is 880. The molecule has 3 rings (SSSR count). The van der Waals surface area contributed by atoms with Gasteiger partial charge >= 0.3 is 0 Å². The SMILES string of the molecule is Cc1cc(CNCCc2ccc(Oc3ccc(C(N)=O)cn3)cc2)oc1C. The van der Waals surface area contributed by atoms with E-state index < -0.39 is 5.91 Å². The van der Waals surface area contributed by atoms with Gasteiger partial charge in [0, 0.05) is 12.3 Å². The molecule has 2 aromatic heterocycles. The third-order valence-corrected chi connectivity index (χ3v) is 4.27. The zero-order chi connectivity index (χ0) is 19.2. The normalized spacial score (nSPS) is 10.7. The number of hydrogen-bond donors (Lipinski definition) is 2. The zero-order valence-corrected chi connectivity index (χ0v) is 15.5. The molecule has 2 heterocycles. The van der Waals surface area contributed by atoms with Crippen molar-refractivity contribution in [1.29, 1.82) is 0 Å². The minimum absolute atomic E-state index is 0.352. The number of carbonyl (C=O) groups excluding carboxylic acids is 1. The molecule has 3 N–H and O–H groups in total. The van der Waals surface area contributed by atoms with Crippen molar-refractivity contribution < 1.29 is 13.9 Å². The van der Waals surface area contributed by atoms with Crippen molar-refractivity contribution >= 4 is 5.91 Å². The summed E-state index contributed by atoms with van der Waals surface area (Å²) in [6.45, 7) is 5.61. The fraction of sp³-hybridized carbons (Fsp3) is 0.238. The number of nitrogens with one attached hydrogen (secondary N) is 1. The van der Waals surface area contributed by atoms with E-state index in [0.29, 0.717) is 17.2 Å². The third-order valence-electron chi connectivity index (χ3n) is 4.27. The van der Waals surface area contributed by atoms with Crippen LogP contribution in [0.2, 0.25) is 0 Å². The summed E-state index contributed by atoms with van der Waals surface area (Å²) < 4.78 is 11.3. The van der Waals surface area contributed by atoms with Crippen LogP contribution in [-0.4, -0.2) is 17.4 Å². The number of nitrogens with zero attached hydrogens (tertiary/aromatic N) is 1. The molecule has 0 aliphatic carbocycles. The summed E-state index contributed by atoms with van der Waals surface area (Å²) in [5, 5.41) is 3.39. The lowest BCUT2D eigenvalue weighted by molar-refractivity contribution is 0.1000. The maximum absolute atomic E-state index is 11.0. The first-order valence-electron chi connectivity index (χ1n) is 8.80. The fourth-order valence-corrected chi connectivity index (χ4v) is 2.61. The Kier molecular flexibility index (Phi) is 5.88. The van der Waals surface area contributed by atoms with Gasteiger partial charge in [0.15, 0.2) is 0 Å². The van der Waals surface area contributed by atoms with E-state index in [1.807, 2.05) is 38.1 Å². The predicted octanol–water partition coefficient (Wildman–Crippen LogP) is 3.51. The smallest absolute Gasteiger partial charge is 0.250 e. The molecule has 0 fully saturated rings. The van der Waals surface area contributed by atoms with E-state index in [-0.39, 0.29) is 0 Å². The van der Waals surface area contributed by atoms with Crippen LogP contribution in [0.25, 0.3) is 0 Å². The van der Waals surface area contributed by atoms with Crippen molar-refractivity contribution in [3.05, 3.63) is 76.9 Å². The Morgan fingerprint density at radius 2 is 1.96 bits per heavy atom. The number of nitrogens with two attached hydrogens (primary N) is 1. The second-order valence-corrected chi connectivity index (χ2v) is 6.37. The van der Waals surface area contributed by atoms with Gasteiger partial charge in [0.1, 0.15) is 17.3 Å². The molecular weight excluding hydrogens is 342 g/mol. The van der Waals surface area contributed by atoms with Crippen LogP contribution >= 0.6 is 0 Å². The van der Waals surface area contributed by atoms with Gasteiger partial charge in [0.25, 0.3) is 0 Å². The number of amides is 1. The van der Waals surface area contributed by atoms with Crippen LogP contribution in [0.3, 0.4) is 0 Å². The van der Waals surface area contributed by atoms with Crippen molar-refractivity contribution in [3.8, 4) is 11.6 Å². The lowest BCUT2D eigenvalue weighted by atomic mass is 10.1. The number of ether oxygens (including phenoxy) is 1. The van der Waals surface area contributed by atoms with Crippen molar-refractivity contribution in [2.75, 3.05) is 6.54 Å². The quantitative estimate of drug-likeness (QED) is 0.596. The molecular formula is C21H23N3O3. The molecule has 6 nitrogen and oxygen atoms in total. The summed E-state index contributed by atoms with van der Waals surface area (Å²) in [6, 6.07) is 13.1. The Labute approximate surface area is 158 Å². The van der Waals surface area contributed by atoms with Gasteiger partial charge in [-0.1, -0.05) is 12.1 Å². The highest BCUT2D eigenvalue weighted by Gasteiger charge is 2.04. The predicted molar refractivity (Wildman–Crippen MR) is 103 cm³/mol. The number of rotatable bonds is 8. The number of pyridine rings is 1. The van der Waals surface area contributed by atoms with E-state index in [1.165, 1.54) is 17.3 Å². The monoisotopic (exact) mass is 365 g/mol. The number of carbonyl (C=O) groups is 1. The summed E-state index contributed by atoms with van der Waals surface area (Å²) in [4.78, 5) is 15.1. The molecule has 27 heavy (non-hydrogen) atoms. The molecule has 1 amide bonds. The molecule has 1 aromatic carbocycles. The van der Waals surface area contributed by atoms with Gasteiger partial charge in [-0.25, -0.2) is 4.98 Å². The summed E-state index contributed by atoms with van der Waals surface area (Å²) >= 11 is 0. The van der Waals surface area contributed by atoms with Crippen LogP contribution in [0.15, 0.2) is 53.1 Å². The summed E-state index contributed by atoms with van der Waals surface area (Å²) in [5.41, 5.74) is 7.93. The minimum atomic E-state index is -0.510. The molecule has 0 aliphatic rings. The summed E-state index contributed by atoms with van der Waals surface area (Å²) in [6.07, 6.45) is 2.31. The maximum atomic E-state index is 11.0. The first-order chi connectivity index (χ1) is 13.0. The largest absolute Gasteiger partial charge is 0.465 e. The molecule has 0 atom stereocenters. The van der Waals surface area contributed by atoms with Gasteiger partial charge in [0.2, 0.25) is 11.8 Å². The van der Waals surface area contributed by atoms with E-state index in [9.17, 15) is 4.79 Å². The first kappa shape index (κ1) is 18.7. The lowest BCUT2D eigenvalue weighted by Gasteiger charge is -2.07. The highest BCUT2D eigenvalue weighted by Crippen LogP contribution is 2.20. The Morgan fingerprint density at radius 3 is 2.56 bits per heavy atom. The van der Waals surface area contributed by atoms with Crippen molar-refractivity contribution in [3.63, 3.8) is 0 Å². The van der Waals surface area contributed by atoms with E-state index >= 15 is 0 Å². The standard InChI is InChI=1S/C21H23N3O3/c1-14-11-19(26-15(14)2)13-23-10-9-16-3-6-18(7-4-16)27-20-8-5-17(12-24-20)21(22)25/h3-8,11-12,23H,9-10,13H2,1-2H3,(H2,22,25). The summed E-state index contributed by atoms with van der Waals surface area (Å²) in [7, 11) is 0. The molecule has 6 heteroatoms. The van der Waals surface area contributed by atoms with Gasteiger partial charge in [0.05, 0.1) is 12.1 Å². The maximum Gasteiger partial charge on any atom is 0.250 e. The van der Waals surface area contributed by atoms with Crippen LogP contribution < -0.4 is 15.8 Å². The van der Waals surface area contributed by atoms with Gasteiger partial charge in [-0.2, -0.15) is 0 Å². The van der Waals surface area contributed by atoms with Gasteiger partial charge < -0.3 is 20.2 Å². The van der Waals surface area contributed by atoms with Crippen molar-refractivity contribution in [1.82, 2.24) is 10.3 Å². The van der Waals surface area contributed by atoms with Crippen molar-refractivity contribution in [2.24, 2.45) is 5.73 Å². The highest BCUT2D eigenvalue weighted by atomic mass is 16.5. The van der Waals surface area contributed by atoms with Crippen LogP contribution in [0, 0.1) is 13.8 Å². The number of aryl methyl sites for hydroxylation is 2. The van der Waals surface area contributed by atoms with Crippen LogP contribution in [0.4, 0.5) is 0 Å². The molecule has 0 spiro atoms. The average molecular weight is 365 g/mol. The number of hydrogen-bond acceptors (Lipinski definition) is 5. The Morgan fingerprint density at radius 1 is 1.19 bits per heavy atom. The average Bonchev–Trinajstić information content (AvgIpc) is 2.98. The van der Waals surface area contributed by atoms with E-state index in [1.54, 1.807) is 12.1 Å². The number of furan rings is 1. The second-order valence-electron chi connectivity index (χ2n) is 6.37. The third kappa shape index (κ3) is 5.18. The highest BCUT2D eigenvalue weighted by molar-refractivity contribution is 5.92. The van der Waals surface area contributed by atoms with Gasteiger partial charge in [-0.3, -0.25) is 4.79 Å². The molecule has 3 aromatic rings. The van der Waals surface area contributed by atoms with Crippen LogP contribution in [-0.2, 0) is 13.0 Å². The molecule has 0 radical (unpaired) electrons. The number of benzene rings is 1. The Balaban J connectivity index is 1.46. The molecule has 0 unspecified atom stereocenters. The summed E-state index contributed by atoms with van der Waals surface area (Å²) in [5.74, 6) is 2.53. The molecule has 0 saturated heterocycles. The van der Waals surface area contributed by atoms with E-state index in [0.717, 1.165) is 31.0 Å². The van der Waals surface area contributed by atoms with Crippen LogP contribution in [0.1, 0.15) is 33.0 Å². The van der Waals surface area contributed by atoms with Crippen LogP contribution in [0.5, 0.6) is 11.6 Å². The Hall–Kier alpha value is -3.12. The first-order valence-corrected chi connectivity index (χ1v) is 8.80. The second kappa shape index (κ2) is 8.51. The molecule has 140 valence electrons. The van der Waals surface area contributed by atoms with Crippen molar-refractivity contribution in [2.45, 2.75) is 26.8 Å². The van der Waals surface area contributed by atoms with E-state index in [2.05, 4.69) is 16.4 Å². The zero-order valence-electron chi connectivity index (χ0n) is 15.5. The molecule has 0 bridgehead atoms.